The Bertz CT molecular complexity index is 4410. The summed E-state index contributed by atoms with van der Waals surface area (Å²) in [6.07, 6.45) is 4.30. The Labute approximate surface area is 420 Å². The van der Waals surface area contributed by atoms with Gasteiger partial charge in [-0.2, -0.15) is 9.83 Å². The Balaban J connectivity index is 1.23. The highest BCUT2D eigenvalue weighted by molar-refractivity contribution is 6.16. The van der Waals surface area contributed by atoms with E-state index in [-0.39, 0.29) is 0 Å². The Morgan fingerprint density at radius 1 is 0.370 bits per heavy atom. The molecule has 0 bridgehead atoms. The number of benzene rings is 10. The first-order chi connectivity index (χ1) is 36.2. The van der Waals surface area contributed by atoms with Crippen LogP contribution in [0.4, 0.5) is 5.69 Å². The predicted octanol–water partition coefficient (Wildman–Crippen LogP) is 16.7. The van der Waals surface area contributed by atoms with Crippen molar-refractivity contribution in [2.45, 2.75) is 0 Å². The molecule has 73 heavy (non-hydrogen) atoms. The van der Waals surface area contributed by atoms with Crippen molar-refractivity contribution in [3.05, 3.63) is 266 Å². The fourth-order valence-electron chi connectivity index (χ4n) is 11.4. The van der Waals surface area contributed by atoms with Crippen LogP contribution in [-0.2, 0) is 0 Å². The van der Waals surface area contributed by atoms with Crippen molar-refractivity contribution < 1.29 is 4.57 Å². The second-order valence-electron chi connectivity index (χ2n) is 18.5. The highest BCUT2D eigenvalue weighted by Crippen LogP contribution is 2.52. The molecule has 4 aromatic heterocycles. The fourth-order valence-corrected chi connectivity index (χ4v) is 11.4. The van der Waals surface area contributed by atoms with Crippen LogP contribution in [0.1, 0.15) is 5.56 Å². The van der Waals surface area contributed by atoms with Crippen LogP contribution in [-0.4, -0.2) is 13.7 Å². The Morgan fingerprint density at radius 3 is 1.29 bits per heavy atom. The third kappa shape index (κ3) is 6.38. The molecule has 0 aliphatic carbocycles. The lowest BCUT2D eigenvalue weighted by Gasteiger charge is -2.26. The van der Waals surface area contributed by atoms with E-state index in [4.69, 9.17) is 0 Å². The molecule has 0 unspecified atom stereocenters. The normalized spacial score (nSPS) is 11.5. The van der Waals surface area contributed by atoms with Crippen molar-refractivity contribution in [3.63, 3.8) is 0 Å². The van der Waals surface area contributed by atoms with Crippen molar-refractivity contribution in [2.24, 2.45) is 0 Å². The first-order valence-electron chi connectivity index (χ1n) is 24.4. The molecule has 0 amide bonds. The Hall–Kier alpha value is -10.3. The zero-order valence-corrected chi connectivity index (χ0v) is 39.4. The quantitative estimate of drug-likeness (QED) is 0.116. The van der Waals surface area contributed by atoms with Gasteiger partial charge in [0.25, 0.3) is 0 Å². The number of nitrogens with zero attached hydrogens (tertiary/aromatic N) is 6. The van der Waals surface area contributed by atoms with E-state index >= 15 is 0 Å². The van der Waals surface area contributed by atoms with Crippen molar-refractivity contribution in [1.29, 1.82) is 5.26 Å². The van der Waals surface area contributed by atoms with Crippen LogP contribution in [0.5, 0.6) is 0 Å². The van der Waals surface area contributed by atoms with E-state index in [1.807, 2.05) is 48.5 Å². The van der Waals surface area contributed by atoms with Crippen LogP contribution >= 0.6 is 0 Å². The summed E-state index contributed by atoms with van der Waals surface area (Å²) >= 11 is 0. The van der Waals surface area contributed by atoms with Crippen LogP contribution in [0, 0.1) is 17.9 Å². The van der Waals surface area contributed by atoms with Crippen molar-refractivity contribution >= 4 is 71.1 Å². The van der Waals surface area contributed by atoms with Gasteiger partial charge in [-0.05, 0) is 70.3 Å². The molecule has 0 atom stereocenters. The second kappa shape index (κ2) is 16.7. The van der Waals surface area contributed by atoms with E-state index in [1.54, 1.807) is 0 Å². The summed E-state index contributed by atoms with van der Waals surface area (Å²) < 4.78 is 9.08. The number of hydrogen-bond donors (Lipinski definition) is 0. The Morgan fingerprint density at radius 2 is 0.781 bits per heavy atom. The summed E-state index contributed by atoms with van der Waals surface area (Å²) in [6.45, 7) is 9.48. The number of pyridine rings is 1. The maximum absolute atomic E-state index is 12.1. The molecule has 0 spiro atoms. The smallest absolute Gasteiger partial charge is 0.221 e. The molecule has 14 aromatic rings. The lowest BCUT2D eigenvalue weighted by molar-refractivity contribution is -0.594. The van der Waals surface area contributed by atoms with Gasteiger partial charge in [0.15, 0.2) is 12.4 Å². The van der Waals surface area contributed by atoms with Gasteiger partial charge < -0.3 is 13.7 Å². The minimum Gasteiger partial charge on any atom is -0.317 e. The Kier molecular flexibility index (Phi) is 9.54. The summed E-state index contributed by atoms with van der Waals surface area (Å²) in [6, 6.07) is 85.2. The largest absolute Gasteiger partial charge is 0.317 e. The molecule has 4 heterocycles. The average molecular weight is 930 g/mol. The minimum absolute atomic E-state index is 0.380. The van der Waals surface area contributed by atoms with Crippen LogP contribution in [0.3, 0.4) is 0 Å². The number of para-hydroxylation sites is 4. The molecule has 10 aromatic carbocycles. The van der Waals surface area contributed by atoms with Crippen LogP contribution in [0.2, 0.25) is 0 Å². The van der Waals surface area contributed by atoms with E-state index in [1.165, 1.54) is 0 Å². The van der Waals surface area contributed by atoms with E-state index in [9.17, 15) is 11.8 Å². The van der Waals surface area contributed by atoms with E-state index in [0.717, 1.165) is 105 Å². The molecule has 0 saturated heterocycles. The van der Waals surface area contributed by atoms with E-state index < -0.39 is 0 Å². The number of nitriles is 1. The predicted molar refractivity (Wildman–Crippen MR) is 298 cm³/mol. The van der Waals surface area contributed by atoms with Crippen molar-refractivity contribution in [3.8, 4) is 62.2 Å². The SMILES string of the molecule is [C-]#[N+]c1c(-c2ccccc2)c(C#N)c(-n2c3ccccc3c3c[n+](-c4ccccc4)ccc32)c(-n2c3ccccc3c3cc(-c4ccccc4)ccc32)c1-n1c2ccccc2c2cc(-c3ccccc3)ccc21. The number of hydrogen-bond acceptors (Lipinski definition) is 1. The van der Waals surface area contributed by atoms with Gasteiger partial charge in [0.2, 0.25) is 11.4 Å². The van der Waals surface area contributed by atoms with Gasteiger partial charge in [-0.1, -0.05) is 176 Å². The summed E-state index contributed by atoms with van der Waals surface area (Å²) in [5.74, 6) is 0. The maximum Gasteiger partial charge on any atom is 0.221 e. The third-order valence-electron chi connectivity index (χ3n) is 14.6. The third-order valence-corrected chi connectivity index (χ3v) is 14.6. The monoisotopic (exact) mass is 929 g/mol. The first-order valence-corrected chi connectivity index (χ1v) is 24.4. The summed E-state index contributed by atoms with van der Waals surface area (Å²) in [7, 11) is 0. The molecule has 0 aliphatic rings. The van der Waals surface area contributed by atoms with Crippen molar-refractivity contribution in [1.82, 2.24) is 13.7 Å². The van der Waals surface area contributed by atoms with Gasteiger partial charge in [0.1, 0.15) is 6.07 Å². The molecule has 0 radical (unpaired) electrons. The fraction of sp³-hybridized carbons (Fsp3) is 0. The zero-order chi connectivity index (χ0) is 48.6. The van der Waals surface area contributed by atoms with Gasteiger partial charge in [0, 0.05) is 50.7 Å². The molecular weight excluding hydrogens is 889 g/mol. The molecular formula is C67H41N6+. The molecule has 338 valence electrons. The number of aromatic nitrogens is 4. The standard InChI is InChI=1S/C67H41N6/c1-69-64-63(46-24-10-4-11-25-46)55(42-68)65(71-59-33-19-16-30-52(59)56-43-70(39-38-62(56)71)49-26-12-5-13-27-49)67(73-58-32-18-15-29-51(58)54-41-48(35-37-61(54)73)45-22-8-3-9-23-45)66(64)72-57-31-17-14-28-50(57)53-40-47(34-36-60(53)72)44-20-6-2-7-21-44/h2-41,43H/q+1. The topological polar surface area (TPSA) is 46.8 Å². The van der Waals surface area contributed by atoms with Gasteiger partial charge in [-0.15, -0.1) is 0 Å². The van der Waals surface area contributed by atoms with Gasteiger partial charge >= 0.3 is 0 Å². The van der Waals surface area contributed by atoms with Crippen LogP contribution in [0.15, 0.2) is 249 Å². The van der Waals surface area contributed by atoms with Crippen LogP contribution < -0.4 is 4.57 Å². The minimum atomic E-state index is 0.380. The lowest BCUT2D eigenvalue weighted by Crippen LogP contribution is -2.29. The first kappa shape index (κ1) is 41.7. The van der Waals surface area contributed by atoms with Crippen molar-refractivity contribution in [2.75, 3.05) is 0 Å². The van der Waals surface area contributed by atoms with E-state index in [2.05, 4.69) is 230 Å². The summed E-state index contributed by atoms with van der Waals surface area (Å²) in [4.78, 5) is 4.62. The molecule has 14 rings (SSSR count). The van der Waals surface area contributed by atoms with Gasteiger partial charge in [-0.3, -0.25) is 0 Å². The molecule has 6 nitrogen and oxygen atoms in total. The van der Waals surface area contributed by atoms with Crippen LogP contribution in [0.25, 0.3) is 126 Å². The van der Waals surface area contributed by atoms with Gasteiger partial charge in [0.05, 0.1) is 67.7 Å². The highest BCUT2D eigenvalue weighted by atomic mass is 15.1. The summed E-state index contributed by atoms with van der Waals surface area (Å²) in [5, 5.41) is 18.4. The highest BCUT2D eigenvalue weighted by Gasteiger charge is 2.33. The second-order valence-corrected chi connectivity index (χ2v) is 18.5. The molecule has 6 heteroatoms. The molecule has 0 saturated carbocycles. The number of rotatable bonds is 7. The molecule has 0 fully saturated rings. The van der Waals surface area contributed by atoms with E-state index in [0.29, 0.717) is 28.2 Å². The average Bonchev–Trinajstić information content (AvgIpc) is 4.12. The zero-order valence-electron chi connectivity index (χ0n) is 39.4. The molecule has 0 aliphatic heterocycles. The van der Waals surface area contributed by atoms with Gasteiger partial charge in [-0.25, -0.2) is 4.85 Å². The molecule has 0 N–H and O–H groups in total. The maximum atomic E-state index is 12.1. The number of fused-ring (bicyclic) bond motifs is 9. The summed E-state index contributed by atoms with van der Waals surface area (Å²) in [5.41, 5.74) is 15.3. The lowest BCUT2D eigenvalue weighted by atomic mass is 9.93.